The van der Waals surface area contributed by atoms with Gasteiger partial charge >= 0.3 is 209 Å². The minimum atomic E-state index is -4.11. The average molecular weight is 622 g/mol. The summed E-state index contributed by atoms with van der Waals surface area (Å²) in [6.45, 7) is 8.87. The van der Waals surface area contributed by atoms with E-state index in [4.69, 9.17) is 5.63 Å². The van der Waals surface area contributed by atoms with Gasteiger partial charge in [-0.15, -0.1) is 0 Å². The zero-order valence-electron chi connectivity index (χ0n) is 18.3. The van der Waals surface area contributed by atoms with Crippen molar-refractivity contribution in [1.82, 2.24) is 0 Å². The number of rotatable bonds is 6. The molecular weight excluding hydrogens is 595 g/mol. The summed E-state index contributed by atoms with van der Waals surface area (Å²) < 4.78 is 18.7. The summed E-state index contributed by atoms with van der Waals surface area (Å²) in [5.74, 6) is 1.71. The number of benzene rings is 2. The Hall–Kier alpha value is -1.16. The molecule has 0 spiro atoms. The van der Waals surface area contributed by atoms with Crippen molar-refractivity contribution < 1.29 is 26.8 Å². The van der Waals surface area contributed by atoms with Crippen LogP contribution in [0.2, 0.25) is 0 Å². The Labute approximate surface area is 207 Å². The third-order valence-corrected chi connectivity index (χ3v) is 16.1. The maximum absolute atomic E-state index is 7.05. The summed E-state index contributed by atoms with van der Waals surface area (Å²) in [5, 5.41) is 0. The van der Waals surface area contributed by atoms with E-state index in [1.165, 1.54) is 28.9 Å². The van der Waals surface area contributed by atoms with Crippen LogP contribution in [0.4, 0.5) is 0 Å². The summed E-state index contributed by atoms with van der Waals surface area (Å²) in [7, 11) is 0. The van der Waals surface area contributed by atoms with Gasteiger partial charge in [0.2, 0.25) is 0 Å². The molecule has 0 N–H and O–H groups in total. The number of hydrogen-bond acceptors (Lipinski definition) is 2. The fourth-order valence-corrected chi connectivity index (χ4v) is 14.1. The molecule has 0 aliphatic heterocycles. The van der Waals surface area contributed by atoms with E-state index in [1.807, 2.05) is 48.5 Å². The van der Waals surface area contributed by atoms with Crippen LogP contribution in [0.1, 0.15) is 40.5 Å². The maximum atomic E-state index is 7.05. The Kier molecular flexibility index (Phi) is 6.96. The summed E-state index contributed by atoms with van der Waals surface area (Å²) in [6.07, 6.45) is 6.62. The van der Waals surface area contributed by atoms with E-state index in [1.54, 1.807) is 0 Å². The van der Waals surface area contributed by atoms with Crippen molar-refractivity contribution in [1.29, 1.82) is 0 Å². The molecule has 4 rings (SSSR count). The molecule has 0 saturated heterocycles. The van der Waals surface area contributed by atoms with E-state index in [2.05, 4.69) is 71.7 Å². The van der Waals surface area contributed by atoms with Gasteiger partial charge in [0, 0.05) is 0 Å². The molecule has 0 aromatic heterocycles. The molecule has 0 saturated carbocycles. The molecule has 2 aromatic carbocycles. The van der Waals surface area contributed by atoms with Crippen molar-refractivity contribution in [2.24, 2.45) is 0 Å². The van der Waals surface area contributed by atoms with Crippen LogP contribution in [0.3, 0.4) is 0 Å². The third-order valence-electron chi connectivity index (χ3n) is 6.17. The fraction of sp³-hybridized carbons (Fsp3) is 0.231. The molecular formula is C26H26Br2O2Zr. The normalized spacial score (nSPS) is 16.6. The Bertz CT molecular complexity index is 1030. The zero-order chi connectivity index (χ0) is 22.2. The van der Waals surface area contributed by atoms with Crippen molar-refractivity contribution in [3.05, 3.63) is 98.5 Å². The molecule has 0 fully saturated rings. The van der Waals surface area contributed by atoms with Crippen LogP contribution in [0.5, 0.6) is 11.5 Å². The quantitative estimate of drug-likeness (QED) is 0.321. The Morgan fingerprint density at radius 1 is 0.613 bits per heavy atom. The van der Waals surface area contributed by atoms with E-state index >= 15 is 0 Å². The van der Waals surface area contributed by atoms with Crippen LogP contribution in [-0.2, 0) is 21.1 Å². The summed E-state index contributed by atoms with van der Waals surface area (Å²) in [6, 6.07) is 16.2. The molecule has 2 aliphatic carbocycles. The van der Waals surface area contributed by atoms with Crippen molar-refractivity contribution in [3.63, 3.8) is 0 Å². The Morgan fingerprint density at radius 2 is 0.968 bits per heavy atom. The van der Waals surface area contributed by atoms with E-state index in [-0.39, 0.29) is 0 Å². The SMILES string of the molecule is CC1=C(C)[C]([Zr]([O]c2ccc(Br)cc2)([O]c2ccc(Br)cc2)[C]2=CCC(C)=C2C)=CC1. The van der Waals surface area contributed by atoms with Crippen molar-refractivity contribution in [2.45, 2.75) is 40.5 Å². The Morgan fingerprint density at radius 3 is 1.26 bits per heavy atom. The molecule has 0 atom stereocenters. The molecule has 2 aromatic rings. The van der Waals surface area contributed by atoms with Gasteiger partial charge in [-0.1, -0.05) is 0 Å². The Balaban J connectivity index is 1.91. The van der Waals surface area contributed by atoms with Crippen molar-refractivity contribution in [3.8, 4) is 11.5 Å². The van der Waals surface area contributed by atoms with Crippen LogP contribution in [0, 0.1) is 0 Å². The minimum absolute atomic E-state index is 0.854. The second kappa shape index (κ2) is 9.37. The standard InChI is InChI=1S/2C7H9.2C6H5BrO.Zr/c2*1-6-4-3-5-7(6)2;2*7-5-1-3-6(8)4-2-5;/h2*3H,4H2,1-2H3;2*1-4,8H;/q;;;;+2/p-2. The summed E-state index contributed by atoms with van der Waals surface area (Å²) in [4.78, 5) is 0. The van der Waals surface area contributed by atoms with Gasteiger partial charge in [0.25, 0.3) is 0 Å². The number of hydrogen-bond donors (Lipinski definition) is 0. The van der Waals surface area contributed by atoms with Gasteiger partial charge in [-0.2, -0.15) is 0 Å². The van der Waals surface area contributed by atoms with Gasteiger partial charge in [-0.25, -0.2) is 0 Å². The van der Waals surface area contributed by atoms with Crippen molar-refractivity contribution >= 4 is 31.9 Å². The molecule has 160 valence electrons. The molecule has 31 heavy (non-hydrogen) atoms. The molecule has 0 unspecified atom stereocenters. The molecule has 5 heteroatoms. The molecule has 2 aliphatic rings. The predicted molar refractivity (Wildman–Crippen MR) is 132 cm³/mol. The molecule has 0 radical (unpaired) electrons. The second-order valence-electron chi connectivity index (χ2n) is 8.18. The van der Waals surface area contributed by atoms with Gasteiger partial charge in [0.05, 0.1) is 0 Å². The summed E-state index contributed by atoms with van der Waals surface area (Å²) in [5.41, 5.74) is 5.44. The number of halogens is 2. The van der Waals surface area contributed by atoms with E-state index in [9.17, 15) is 0 Å². The van der Waals surface area contributed by atoms with Crippen molar-refractivity contribution in [2.75, 3.05) is 0 Å². The first-order valence-electron chi connectivity index (χ1n) is 10.4. The molecule has 0 heterocycles. The van der Waals surface area contributed by atoms with E-state index in [0.29, 0.717) is 0 Å². The van der Waals surface area contributed by atoms with Gasteiger partial charge in [-0.3, -0.25) is 0 Å². The number of allylic oxidation sites excluding steroid dienone is 8. The van der Waals surface area contributed by atoms with E-state index in [0.717, 1.165) is 33.3 Å². The first-order chi connectivity index (χ1) is 14.8. The topological polar surface area (TPSA) is 18.5 Å². The first kappa shape index (κ1) is 23.0. The van der Waals surface area contributed by atoms with Gasteiger partial charge in [-0.05, 0) is 0 Å². The van der Waals surface area contributed by atoms with E-state index < -0.39 is 21.1 Å². The third kappa shape index (κ3) is 4.65. The van der Waals surface area contributed by atoms with Crippen LogP contribution in [0.15, 0.2) is 98.5 Å². The zero-order valence-corrected chi connectivity index (χ0v) is 23.9. The van der Waals surface area contributed by atoms with Crippen LogP contribution in [-0.4, -0.2) is 0 Å². The monoisotopic (exact) mass is 618 g/mol. The van der Waals surface area contributed by atoms with Gasteiger partial charge < -0.3 is 0 Å². The molecule has 0 amide bonds. The second-order valence-corrected chi connectivity index (χ2v) is 16.7. The predicted octanol–water partition coefficient (Wildman–Crippen LogP) is 8.90. The van der Waals surface area contributed by atoms with Gasteiger partial charge in [0.1, 0.15) is 0 Å². The molecule has 0 bridgehead atoms. The average Bonchev–Trinajstić information content (AvgIpc) is 3.27. The van der Waals surface area contributed by atoms with Crippen LogP contribution >= 0.6 is 31.9 Å². The van der Waals surface area contributed by atoms with Crippen LogP contribution in [0.25, 0.3) is 0 Å². The van der Waals surface area contributed by atoms with Crippen LogP contribution < -0.4 is 5.63 Å². The molecule has 2 nitrogen and oxygen atoms in total. The van der Waals surface area contributed by atoms with Gasteiger partial charge in [0.15, 0.2) is 0 Å². The first-order valence-corrected chi connectivity index (χ1v) is 16.5. The fourth-order valence-electron chi connectivity index (χ4n) is 4.07. The summed E-state index contributed by atoms with van der Waals surface area (Å²) >= 11 is 2.97.